The Labute approximate surface area is 165 Å². The van der Waals surface area contributed by atoms with E-state index in [1.54, 1.807) is 36.5 Å². The third-order valence-electron chi connectivity index (χ3n) is 3.68. The molecule has 28 heavy (non-hydrogen) atoms. The van der Waals surface area contributed by atoms with Gasteiger partial charge in [-0.25, -0.2) is 9.37 Å². The second kappa shape index (κ2) is 9.61. The fourth-order valence-electron chi connectivity index (χ4n) is 2.33. The van der Waals surface area contributed by atoms with Gasteiger partial charge in [-0.05, 0) is 35.9 Å². The summed E-state index contributed by atoms with van der Waals surface area (Å²) in [4.78, 5) is 28.8. The van der Waals surface area contributed by atoms with Crippen LogP contribution in [0.1, 0.15) is 22.6 Å². The summed E-state index contributed by atoms with van der Waals surface area (Å²) in [6.45, 7) is 0.209. The van der Waals surface area contributed by atoms with Crippen molar-refractivity contribution >= 4 is 34.4 Å². The summed E-state index contributed by atoms with van der Waals surface area (Å²) in [6, 6.07) is 9.72. The molecule has 0 aliphatic rings. The second-order valence-corrected chi connectivity index (χ2v) is 6.99. The lowest BCUT2D eigenvalue weighted by molar-refractivity contribution is -0.117. The minimum atomic E-state index is -0.306. The van der Waals surface area contributed by atoms with Crippen LogP contribution >= 0.6 is 11.3 Å². The van der Waals surface area contributed by atoms with E-state index in [-0.39, 0.29) is 30.6 Å². The number of nitrogens with one attached hydrogen (secondary N) is 2. The summed E-state index contributed by atoms with van der Waals surface area (Å²) in [6.07, 6.45) is 6.85. The van der Waals surface area contributed by atoms with E-state index in [0.717, 1.165) is 10.4 Å². The smallest absolute Gasteiger partial charge is 0.244 e. The first kappa shape index (κ1) is 19.5. The average Bonchev–Trinajstić information content (AvgIpc) is 3.34. The van der Waals surface area contributed by atoms with E-state index in [2.05, 4.69) is 15.6 Å². The summed E-state index contributed by atoms with van der Waals surface area (Å²) in [5.41, 5.74) is 0.966. The van der Waals surface area contributed by atoms with Gasteiger partial charge in [0.1, 0.15) is 11.6 Å². The number of benzene rings is 1. The highest BCUT2D eigenvalue weighted by Crippen LogP contribution is 2.21. The zero-order valence-corrected chi connectivity index (χ0v) is 15.7. The average molecular weight is 399 g/mol. The van der Waals surface area contributed by atoms with Crippen molar-refractivity contribution < 1.29 is 18.4 Å². The molecule has 2 N–H and O–H groups in total. The van der Waals surface area contributed by atoms with E-state index in [1.807, 2.05) is 0 Å². The fraction of sp³-hybridized carbons (Fsp3) is 0.150. The highest BCUT2D eigenvalue weighted by molar-refractivity contribution is 7.15. The Morgan fingerprint density at radius 1 is 1.21 bits per heavy atom. The van der Waals surface area contributed by atoms with Gasteiger partial charge in [-0.3, -0.25) is 9.59 Å². The third kappa shape index (κ3) is 6.17. The SMILES string of the molecule is O=C(C=Cc1ccco1)NCCC(=O)Nc1ncc(Cc2ccc(F)cc2)s1. The molecular weight excluding hydrogens is 381 g/mol. The maximum absolute atomic E-state index is 12.9. The van der Waals surface area contributed by atoms with Gasteiger partial charge < -0.3 is 15.1 Å². The summed E-state index contributed by atoms with van der Waals surface area (Å²) >= 11 is 1.36. The number of carbonyl (C=O) groups is 2. The summed E-state index contributed by atoms with van der Waals surface area (Å²) in [5, 5.41) is 5.83. The molecular formula is C20H18FN3O3S. The molecule has 0 fully saturated rings. The molecule has 144 valence electrons. The molecule has 2 amide bonds. The number of hydrogen-bond donors (Lipinski definition) is 2. The number of halogens is 1. The van der Waals surface area contributed by atoms with Gasteiger partial charge in [0.25, 0.3) is 0 Å². The van der Waals surface area contributed by atoms with E-state index in [4.69, 9.17) is 4.42 Å². The normalized spacial score (nSPS) is 10.9. The van der Waals surface area contributed by atoms with E-state index < -0.39 is 0 Å². The fourth-order valence-corrected chi connectivity index (χ4v) is 3.20. The number of amides is 2. The van der Waals surface area contributed by atoms with E-state index in [1.165, 1.54) is 35.8 Å². The van der Waals surface area contributed by atoms with Gasteiger partial charge in [0.2, 0.25) is 11.8 Å². The monoisotopic (exact) mass is 399 g/mol. The quantitative estimate of drug-likeness (QED) is 0.567. The molecule has 0 bridgehead atoms. The Bertz CT molecular complexity index is 950. The van der Waals surface area contributed by atoms with Crippen molar-refractivity contribution in [2.45, 2.75) is 12.8 Å². The standard InChI is InChI=1S/C20H18FN3O3S/c21-15-5-3-14(4-6-15)12-17-13-23-20(28-17)24-19(26)9-10-22-18(25)8-7-16-2-1-11-27-16/h1-8,11,13H,9-10,12H2,(H,22,25)(H,23,24,26). The van der Waals surface area contributed by atoms with Crippen LogP contribution in [0.15, 0.2) is 59.4 Å². The van der Waals surface area contributed by atoms with Crippen LogP contribution in [0, 0.1) is 5.82 Å². The number of aromatic nitrogens is 1. The molecule has 0 saturated heterocycles. The highest BCUT2D eigenvalue weighted by Gasteiger charge is 2.08. The van der Waals surface area contributed by atoms with Crippen LogP contribution < -0.4 is 10.6 Å². The van der Waals surface area contributed by atoms with Gasteiger partial charge >= 0.3 is 0 Å². The molecule has 0 radical (unpaired) electrons. The first-order valence-corrected chi connectivity index (χ1v) is 9.38. The van der Waals surface area contributed by atoms with Gasteiger partial charge in [-0.15, -0.1) is 11.3 Å². The minimum absolute atomic E-state index is 0.132. The van der Waals surface area contributed by atoms with Crippen molar-refractivity contribution in [3.8, 4) is 0 Å². The van der Waals surface area contributed by atoms with Crippen molar-refractivity contribution in [2.75, 3.05) is 11.9 Å². The number of hydrogen-bond acceptors (Lipinski definition) is 5. The first-order valence-electron chi connectivity index (χ1n) is 8.57. The number of rotatable bonds is 8. The Morgan fingerprint density at radius 3 is 2.79 bits per heavy atom. The molecule has 0 aliphatic carbocycles. The summed E-state index contributed by atoms with van der Waals surface area (Å²) in [5.74, 6) is -0.240. The molecule has 0 saturated carbocycles. The topological polar surface area (TPSA) is 84.2 Å². The minimum Gasteiger partial charge on any atom is -0.465 e. The van der Waals surface area contributed by atoms with Gasteiger partial charge in [0.05, 0.1) is 6.26 Å². The predicted octanol–water partition coefficient (Wildman–Crippen LogP) is 3.62. The van der Waals surface area contributed by atoms with Crippen LogP contribution in [0.4, 0.5) is 9.52 Å². The van der Waals surface area contributed by atoms with Crippen molar-refractivity contribution in [1.29, 1.82) is 0 Å². The number of thiazole rings is 1. The molecule has 2 aromatic heterocycles. The van der Waals surface area contributed by atoms with Crippen molar-refractivity contribution in [3.63, 3.8) is 0 Å². The summed E-state index contributed by atoms with van der Waals surface area (Å²) in [7, 11) is 0. The molecule has 6 nitrogen and oxygen atoms in total. The van der Waals surface area contributed by atoms with Gasteiger partial charge in [0.15, 0.2) is 5.13 Å². The number of anilines is 1. The molecule has 0 unspecified atom stereocenters. The molecule has 0 atom stereocenters. The molecule has 3 rings (SSSR count). The molecule has 1 aromatic carbocycles. The zero-order chi connectivity index (χ0) is 19.8. The van der Waals surface area contributed by atoms with E-state index in [9.17, 15) is 14.0 Å². The Morgan fingerprint density at radius 2 is 2.04 bits per heavy atom. The Hall–Kier alpha value is -3.26. The Kier molecular flexibility index (Phi) is 6.69. The van der Waals surface area contributed by atoms with Crippen LogP contribution in [-0.2, 0) is 16.0 Å². The maximum Gasteiger partial charge on any atom is 0.244 e. The van der Waals surface area contributed by atoms with Gasteiger partial charge in [-0.2, -0.15) is 0 Å². The molecule has 3 aromatic rings. The predicted molar refractivity (Wildman–Crippen MR) is 105 cm³/mol. The lowest BCUT2D eigenvalue weighted by Gasteiger charge is -2.02. The van der Waals surface area contributed by atoms with Crippen LogP contribution in [0.3, 0.4) is 0 Å². The van der Waals surface area contributed by atoms with Crippen molar-refractivity contribution in [2.24, 2.45) is 0 Å². The van der Waals surface area contributed by atoms with Crippen molar-refractivity contribution in [1.82, 2.24) is 10.3 Å². The lowest BCUT2D eigenvalue weighted by Crippen LogP contribution is -2.26. The molecule has 2 heterocycles. The van der Waals surface area contributed by atoms with Gasteiger partial charge in [0, 0.05) is 36.5 Å². The largest absolute Gasteiger partial charge is 0.465 e. The molecule has 0 spiro atoms. The van der Waals surface area contributed by atoms with Crippen LogP contribution in [0.25, 0.3) is 6.08 Å². The van der Waals surface area contributed by atoms with E-state index >= 15 is 0 Å². The lowest BCUT2D eigenvalue weighted by atomic mass is 10.1. The number of nitrogens with zero attached hydrogens (tertiary/aromatic N) is 1. The van der Waals surface area contributed by atoms with Crippen LogP contribution in [0.5, 0.6) is 0 Å². The zero-order valence-electron chi connectivity index (χ0n) is 14.9. The van der Waals surface area contributed by atoms with Crippen molar-refractivity contribution in [3.05, 3.63) is 77.0 Å². The first-order chi connectivity index (χ1) is 13.6. The Balaban J connectivity index is 1.39. The van der Waals surface area contributed by atoms with Gasteiger partial charge in [-0.1, -0.05) is 12.1 Å². The third-order valence-corrected chi connectivity index (χ3v) is 4.60. The molecule has 8 heteroatoms. The van der Waals surface area contributed by atoms with Crippen LogP contribution in [0.2, 0.25) is 0 Å². The highest BCUT2D eigenvalue weighted by atomic mass is 32.1. The number of furan rings is 1. The van der Waals surface area contributed by atoms with Crippen LogP contribution in [-0.4, -0.2) is 23.3 Å². The number of carbonyl (C=O) groups excluding carboxylic acids is 2. The second-order valence-electron chi connectivity index (χ2n) is 5.87. The molecule has 0 aliphatic heterocycles. The summed E-state index contributed by atoms with van der Waals surface area (Å²) < 4.78 is 18.0. The maximum atomic E-state index is 12.9. The van der Waals surface area contributed by atoms with E-state index in [0.29, 0.717) is 17.3 Å².